The zero-order valence-corrected chi connectivity index (χ0v) is 19.5. The Kier molecular flexibility index (Phi) is 5.59. The van der Waals surface area contributed by atoms with Crippen LogP contribution in [-0.2, 0) is 16.0 Å². The lowest BCUT2D eigenvalue weighted by molar-refractivity contribution is -0.154. The Morgan fingerprint density at radius 1 is 1.12 bits per heavy atom. The van der Waals surface area contributed by atoms with Gasteiger partial charge in [-0.25, -0.2) is 9.78 Å². The molecule has 4 amide bonds. The summed E-state index contributed by atoms with van der Waals surface area (Å²) in [5.74, 6) is 0.0995. The smallest absolute Gasteiger partial charge is 0.330 e. The van der Waals surface area contributed by atoms with Crippen LogP contribution in [0, 0.1) is 12.3 Å². The Balaban J connectivity index is 1.58. The summed E-state index contributed by atoms with van der Waals surface area (Å²) >= 11 is 0. The van der Waals surface area contributed by atoms with Crippen LogP contribution in [0.3, 0.4) is 0 Å². The van der Waals surface area contributed by atoms with Gasteiger partial charge in [0.1, 0.15) is 5.82 Å². The van der Waals surface area contributed by atoms with Crippen LogP contribution in [-0.4, -0.2) is 46.9 Å². The molecule has 2 aromatic rings. The summed E-state index contributed by atoms with van der Waals surface area (Å²) in [6, 6.07) is 7.40. The average Bonchev–Trinajstić information content (AvgIpc) is 2.81. The molecule has 0 radical (unpaired) electrons. The van der Waals surface area contributed by atoms with Gasteiger partial charge in [-0.05, 0) is 56.4 Å². The summed E-state index contributed by atoms with van der Waals surface area (Å²) in [5, 5.41) is 3.56. The summed E-state index contributed by atoms with van der Waals surface area (Å²) in [5.41, 5.74) is 1.69. The molecule has 3 aliphatic rings. The Morgan fingerprint density at radius 3 is 2.79 bits per heavy atom. The second kappa shape index (κ2) is 8.43. The van der Waals surface area contributed by atoms with E-state index in [0.29, 0.717) is 6.54 Å². The number of carbonyl (C=O) groups is 3. The van der Waals surface area contributed by atoms with Crippen molar-refractivity contribution < 1.29 is 14.4 Å². The Morgan fingerprint density at radius 2 is 1.97 bits per heavy atom. The molecule has 174 valence electrons. The fraction of sp³-hybridized carbons (Fsp3) is 0.538. The highest BCUT2D eigenvalue weighted by Gasteiger charge is 2.62. The molecule has 1 N–H and O–H groups in total. The lowest BCUT2D eigenvalue weighted by atomic mass is 9.66. The fourth-order valence-corrected chi connectivity index (χ4v) is 5.88. The molecule has 1 spiro atoms. The van der Waals surface area contributed by atoms with Crippen LogP contribution in [0.25, 0.3) is 10.9 Å². The fourth-order valence-electron chi connectivity index (χ4n) is 5.88. The average molecular weight is 449 g/mol. The monoisotopic (exact) mass is 448 g/mol. The third-order valence-corrected chi connectivity index (χ3v) is 7.57. The van der Waals surface area contributed by atoms with Crippen molar-refractivity contribution in [1.82, 2.24) is 15.2 Å². The highest BCUT2D eigenvalue weighted by Crippen LogP contribution is 2.47. The molecule has 5 rings (SSSR count). The summed E-state index contributed by atoms with van der Waals surface area (Å²) in [7, 11) is 0. The molecule has 2 fully saturated rings. The molecule has 2 atom stereocenters. The van der Waals surface area contributed by atoms with Crippen molar-refractivity contribution in [3.05, 3.63) is 35.4 Å². The SMILES string of the molecule is CCCCCCN1C(=O)NC(=O)C2(Cc3cc4cc(C)ccc4nc3N3CCCCC32)C1=O. The summed E-state index contributed by atoms with van der Waals surface area (Å²) in [6.07, 6.45) is 6.83. The molecule has 2 saturated heterocycles. The molecule has 0 aliphatic carbocycles. The second-order valence-electron chi connectivity index (χ2n) is 9.80. The van der Waals surface area contributed by atoms with Gasteiger partial charge in [0, 0.05) is 24.9 Å². The van der Waals surface area contributed by atoms with Gasteiger partial charge in [-0.3, -0.25) is 19.8 Å². The maximum Gasteiger partial charge on any atom is 0.330 e. The number of nitrogens with one attached hydrogen (secondary N) is 1. The Labute approximate surface area is 194 Å². The van der Waals surface area contributed by atoms with Crippen LogP contribution in [0.5, 0.6) is 0 Å². The van der Waals surface area contributed by atoms with Gasteiger partial charge in [0.25, 0.3) is 0 Å². The first-order valence-corrected chi connectivity index (χ1v) is 12.3. The van der Waals surface area contributed by atoms with E-state index in [9.17, 15) is 14.4 Å². The van der Waals surface area contributed by atoms with Crippen molar-refractivity contribution in [2.45, 2.75) is 71.3 Å². The molecule has 4 heterocycles. The van der Waals surface area contributed by atoms with Crippen LogP contribution in [0.15, 0.2) is 24.3 Å². The molecule has 7 heteroatoms. The van der Waals surface area contributed by atoms with E-state index in [0.717, 1.165) is 79.3 Å². The van der Waals surface area contributed by atoms with Crippen molar-refractivity contribution in [2.75, 3.05) is 18.0 Å². The van der Waals surface area contributed by atoms with Gasteiger partial charge in [0.15, 0.2) is 5.41 Å². The van der Waals surface area contributed by atoms with Gasteiger partial charge in [-0.1, -0.05) is 37.8 Å². The van der Waals surface area contributed by atoms with E-state index in [1.165, 1.54) is 4.90 Å². The zero-order valence-electron chi connectivity index (χ0n) is 19.5. The van der Waals surface area contributed by atoms with E-state index in [1.54, 1.807) is 0 Å². The molecular formula is C26H32N4O3. The number of hydrogen-bond acceptors (Lipinski definition) is 5. The quantitative estimate of drug-likeness (QED) is 0.550. The highest BCUT2D eigenvalue weighted by molar-refractivity contribution is 6.20. The normalized spacial score (nSPS) is 24.8. The third kappa shape index (κ3) is 3.49. The number of nitrogens with zero attached hydrogens (tertiary/aromatic N) is 3. The first-order valence-electron chi connectivity index (χ1n) is 12.3. The number of barbiturate groups is 1. The van der Waals surface area contributed by atoms with Gasteiger partial charge >= 0.3 is 6.03 Å². The lowest BCUT2D eigenvalue weighted by Gasteiger charge is -2.53. The second-order valence-corrected chi connectivity index (χ2v) is 9.80. The summed E-state index contributed by atoms with van der Waals surface area (Å²) < 4.78 is 0. The van der Waals surface area contributed by atoms with Crippen LogP contribution in [0.2, 0.25) is 0 Å². The first-order chi connectivity index (χ1) is 16.0. The topological polar surface area (TPSA) is 82.6 Å². The molecule has 0 bridgehead atoms. The van der Waals surface area contributed by atoms with Crippen molar-refractivity contribution >= 4 is 34.6 Å². The largest absolute Gasteiger partial charge is 0.352 e. The maximum absolute atomic E-state index is 14.0. The van der Waals surface area contributed by atoms with Crippen LogP contribution in [0.4, 0.5) is 10.6 Å². The van der Waals surface area contributed by atoms with Gasteiger partial charge in [0.2, 0.25) is 11.8 Å². The zero-order chi connectivity index (χ0) is 23.2. The Bertz CT molecular complexity index is 1130. The van der Waals surface area contributed by atoms with Gasteiger partial charge in [-0.15, -0.1) is 0 Å². The number of hydrogen-bond donors (Lipinski definition) is 1. The van der Waals surface area contributed by atoms with Gasteiger partial charge in [-0.2, -0.15) is 0 Å². The van der Waals surface area contributed by atoms with Crippen molar-refractivity contribution in [3.63, 3.8) is 0 Å². The van der Waals surface area contributed by atoms with Crippen LogP contribution < -0.4 is 10.2 Å². The molecule has 7 nitrogen and oxygen atoms in total. The number of aromatic nitrogens is 1. The minimum atomic E-state index is -1.29. The first kappa shape index (κ1) is 21.9. The maximum atomic E-state index is 14.0. The lowest BCUT2D eigenvalue weighted by Crippen LogP contribution is -2.72. The van der Waals surface area contributed by atoms with E-state index < -0.39 is 17.4 Å². The minimum absolute atomic E-state index is 0.282. The molecule has 33 heavy (non-hydrogen) atoms. The molecule has 3 aliphatic heterocycles. The number of unbranched alkanes of at least 4 members (excludes halogenated alkanes) is 3. The van der Waals surface area contributed by atoms with Crippen molar-refractivity contribution in [3.8, 4) is 0 Å². The minimum Gasteiger partial charge on any atom is -0.352 e. The van der Waals surface area contributed by atoms with E-state index >= 15 is 0 Å². The number of pyridine rings is 1. The number of piperidine rings is 1. The molecule has 0 saturated carbocycles. The number of benzene rings is 1. The van der Waals surface area contributed by atoms with Crippen LogP contribution in [0.1, 0.15) is 63.0 Å². The molecule has 1 aromatic heterocycles. The predicted octanol–water partition coefficient (Wildman–Crippen LogP) is 4.10. The summed E-state index contributed by atoms with van der Waals surface area (Å²) in [6.45, 7) is 5.28. The van der Waals surface area contributed by atoms with Crippen molar-refractivity contribution in [1.29, 1.82) is 0 Å². The number of imide groups is 2. The molecular weight excluding hydrogens is 416 g/mol. The standard InChI is InChI=1S/C26H32N4O3/c1-3-4-5-7-13-30-24(32)26(23(31)28-25(30)33)16-19-15-18-14-17(2)10-11-20(18)27-22(19)29-12-8-6-9-21(26)29/h10-11,14-15,21H,3-9,12-13,16H2,1-2H3,(H,28,31,33). The Hall–Kier alpha value is -2.96. The number of amides is 4. The molecule has 2 unspecified atom stereocenters. The number of aryl methyl sites for hydroxylation is 1. The number of fused-ring (bicyclic) bond motifs is 5. The van der Waals surface area contributed by atoms with Gasteiger partial charge < -0.3 is 4.90 Å². The van der Waals surface area contributed by atoms with E-state index in [4.69, 9.17) is 4.98 Å². The van der Waals surface area contributed by atoms with Crippen LogP contribution >= 0.6 is 0 Å². The number of rotatable bonds is 5. The molecule has 1 aromatic carbocycles. The van der Waals surface area contributed by atoms with Crippen molar-refractivity contribution in [2.24, 2.45) is 5.41 Å². The van der Waals surface area contributed by atoms with E-state index in [-0.39, 0.29) is 18.4 Å². The number of carbonyl (C=O) groups excluding carboxylic acids is 3. The van der Waals surface area contributed by atoms with Gasteiger partial charge in [0.05, 0.1) is 11.6 Å². The highest BCUT2D eigenvalue weighted by atomic mass is 16.2. The van der Waals surface area contributed by atoms with E-state index in [2.05, 4.69) is 35.3 Å². The summed E-state index contributed by atoms with van der Waals surface area (Å²) in [4.78, 5) is 48.6. The number of anilines is 1. The predicted molar refractivity (Wildman–Crippen MR) is 127 cm³/mol. The third-order valence-electron chi connectivity index (χ3n) is 7.57. The number of urea groups is 1. The van der Waals surface area contributed by atoms with E-state index in [1.807, 2.05) is 13.0 Å².